The lowest BCUT2D eigenvalue weighted by Gasteiger charge is -2.08. The van der Waals surface area contributed by atoms with E-state index in [1.807, 2.05) is 34.9 Å². The average Bonchev–Trinajstić information content (AvgIpc) is 2.81. The number of benzene rings is 1. The first kappa shape index (κ1) is 12.0. The fourth-order valence-electron chi connectivity index (χ4n) is 1.94. The summed E-state index contributed by atoms with van der Waals surface area (Å²) in [6.45, 7) is 0. The van der Waals surface area contributed by atoms with Crippen LogP contribution in [0.15, 0.2) is 41.0 Å². The minimum Gasteiger partial charge on any atom is -0.496 e. The van der Waals surface area contributed by atoms with Crippen molar-refractivity contribution in [1.29, 1.82) is 0 Å². The van der Waals surface area contributed by atoms with Crippen LogP contribution in [0.4, 0.5) is 5.69 Å². The summed E-state index contributed by atoms with van der Waals surface area (Å²) < 4.78 is 8.21. The number of rotatable bonds is 2. The molecule has 0 radical (unpaired) electrons. The molecule has 0 spiro atoms. The quantitative estimate of drug-likeness (QED) is 0.738. The van der Waals surface area contributed by atoms with Gasteiger partial charge in [0.15, 0.2) is 11.5 Å². The third-order valence-corrected chi connectivity index (χ3v) is 3.30. The van der Waals surface area contributed by atoms with Gasteiger partial charge in [-0.25, -0.2) is 0 Å². The summed E-state index contributed by atoms with van der Waals surface area (Å²) >= 11 is 3.44. The molecular weight excluding hydrogens is 308 g/mol. The summed E-state index contributed by atoms with van der Waals surface area (Å²) in [6.07, 6.45) is 1.92. The number of fused-ring (bicyclic) bond motifs is 1. The molecule has 6 heteroatoms. The summed E-state index contributed by atoms with van der Waals surface area (Å²) in [5, 5.41) is 8.36. The Morgan fingerprint density at radius 2 is 2.05 bits per heavy atom. The van der Waals surface area contributed by atoms with Crippen molar-refractivity contribution in [2.75, 3.05) is 12.8 Å². The molecule has 2 N–H and O–H groups in total. The number of ether oxygens (including phenoxy) is 1. The maximum absolute atomic E-state index is 5.76. The summed E-state index contributed by atoms with van der Waals surface area (Å²) in [7, 11) is 1.61. The molecule has 3 rings (SSSR count). The normalized spacial score (nSPS) is 10.8. The highest BCUT2D eigenvalue weighted by Crippen LogP contribution is 2.31. The number of halogens is 1. The first-order chi connectivity index (χ1) is 9.19. The molecule has 0 saturated carbocycles. The molecule has 96 valence electrons. The Hall–Kier alpha value is -2.08. The highest BCUT2D eigenvalue weighted by Gasteiger charge is 2.13. The summed E-state index contributed by atoms with van der Waals surface area (Å²) in [4.78, 5) is 0. The molecule has 0 bridgehead atoms. The van der Waals surface area contributed by atoms with E-state index < -0.39 is 0 Å². The zero-order chi connectivity index (χ0) is 13.4. The number of hydrogen-bond donors (Lipinski definition) is 1. The van der Waals surface area contributed by atoms with Crippen molar-refractivity contribution in [3.63, 3.8) is 0 Å². The second-order valence-electron chi connectivity index (χ2n) is 4.06. The maximum Gasteiger partial charge on any atom is 0.172 e. The van der Waals surface area contributed by atoms with Gasteiger partial charge in [-0.2, -0.15) is 0 Å². The average molecular weight is 319 g/mol. The number of methoxy groups -OCH3 is 1. The molecule has 0 unspecified atom stereocenters. The first-order valence-corrected chi connectivity index (χ1v) is 6.42. The predicted molar refractivity (Wildman–Crippen MR) is 77.1 cm³/mol. The standard InChI is InChI=1S/C13H11BrN4O/c1-19-11-6-9(15)3-4-10(11)13-17-16-12-5-2-8(14)7-18(12)13/h2-7H,15H2,1H3. The lowest BCUT2D eigenvalue weighted by Crippen LogP contribution is -1.95. The number of anilines is 1. The van der Waals surface area contributed by atoms with Crippen LogP contribution in [-0.2, 0) is 0 Å². The largest absolute Gasteiger partial charge is 0.496 e. The van der Waals surface area contributed by atoms with Crippen molar-refractivity contribution in [2.45, 2.75) is 0 Å². The first-order valence-electron chi connectivity index (χ1n) is 5.63. The fourth-order valence-corrected chi connectivity index (χ4v) is 2.28. The summed E-state index contributed by atoms with van der Waals surface area (Å²) in [6, 6.07) is 9.29. The Kier molecular flexibility index (Phi) is 2.87. The SMILES string of the molecule is COc1cc(N)ccc1-c1nnc2ccc(Br)cn12. The van der Waals surface area contributed by atoms with Gasteiger partial charge >= 0.3 is 0 Å². The van der Waals surface area contributed by atoms with E-state index in [4.69, 9.17) is 10.5 Å². The number of nitrogen functional groups attached to an aromatic ring is 1. The van der Waals surface area contributed by atoms with E-state index >= 15 is 0 Å². The van der Waals surface area contributed by atoms with Crippen LogP contribution in [0.25, 0.3) is 17.0 Å². The number of nitrogens with two attached hydrogens (primary N) is 1. The molecular formula is C13H11BrN4O. The number of hydrogen-bond acceptors (Lipinski definition) is 4. The molecule has 2 heterocycles. The van der Waals surface area contributed by atoms with Crippen molar-refractivity contribution in [2.24, 2.45) is 0 Å². The molecule has 0 saturated heterocycles. The lowest BCUT2D eigenvalue weighted by molar-refractivity contribution is 0.416. The monoisotopic (exact) mass is 318 g/mol. The van der Waals surface area contributed by atoms with Crippen LogP contribution in [0.1, 0.15) is 0 Å². The van der Waals surface area contributed by atoms with Crippen molar-refractivity contribution in [3.8, 4) is 17.1 Å². The molecule has 19 heavy (non-hydrogen) atoms. The molecule has 0 fully saturated rings. The second kappa shape index (κ2) is 4.55. The predicted octanol–water partition coefficient (Wildman–Crippen LogP) is 2.75. The third kappa shape index (κ3) is 2.04. The fraction of sp³-hybridized carbons (Fsp3) is 0.0769. The molecule has 0 atom stereocenters. The molecule has 5 nitrogen and oxygen atoms in total. The summed E-state index contributed by atoms with van der Waals surface area (Å²) in [5.41, 5.74) is 8.04. The molecule has 0 aliphatic heterocycles. The lowest BCUT2D eigenvalue weighted by atomic mass is 10.1. The van der Waals surface area contributed by atoms with Crippen LogP contribution in [-0.4, -0.2) is 21.7 Å². The molecule has 0 amide bonds. The van der Waals surface area contributed by atoms with E-state index in [1.165, 1.54) is 0 Å². The smallest absolute Gasteiger partial charge is 0.172 e. The minimum absolute atomic E-state index is 0.649. The molecule has 0 aliphatic rings. The van der Waals surface area contributed by atoms with E-state index in [2.05, 4.69) is 26.1 Å². The van der Waals surface area contributed by atoms with Crippen LogP contribution in [0.5, 0.6) is 5.75 Å². The Morgan fingerprint density at radius 1 is 1.21 bits per heavy atom. The van der Waals surface area contributed by atoms with E-state index in [0.717, 1.165) is 15.7 Å². The maximum atomic E-state index is 5.76. The minimum atomic E-state index is 0.649. The van der Waals surface area contributed by atoms with Gasteiger partial charge < -0.3 is 10.5 Å². The Bertz CT molecular complexity index is 753. The summed E-state index contributed by atoms with van der Waals surface area (Å²) in [5.74, 6) is 1.39. The van der Waals surface area contributed by atoms with Crippen molar-refractivity contribution >= 4 is 27.3 Å². The number of pyridine rings is 1. The van der Waals surface area contributed by atoms with E-state index in [9.17, 15) is 0 Å². The van der Waals surface area contributed by atoms with Crippen LogP contribution in [0.3, 0.4) is 0 Å². The van der Waals surface area contributed by atoms with Gasteiger partial charge in [-0.15, -0.1) is 10.2 Å². The molecule has 3 aromatic rings. The van der Waals surface area contributed by atoms with Gasteiger partial charge in [0.05, 0.1) is 12.7 Å². The van der Waals surface area contributed by atoms with Gasteiger partial charge in [-0.3, -0.25) is 4.40 Å². The topological polar surface area (TPSA) is 65.4 Å². The van der Waals surface area contributed by atoms with Crippen LogP contribution in [0, 0.1) is 0 Å². The van der Waals surface area contributed by atoms with Gasteiger partial charge in [0.1, 0.15) is 5.75 Å². The van der Waals surface area contributed by atoms with Crippen molar-refractivity contribution in [1.82, 2.24) is 14.6 Å². The zero-order valence-electron chi connectivity index (χ0n) is 10.2. The van der Waals surface area contributed by atoms with E-state index in [0.29, 0.717) is 17.3 Å². The highest BCUT2D eigenvalue weighted by atomic mass is 79.9. The Labute approximate surface area is 118 Å². The van der Waals surface area contributed by atoms with Gasteiger partial charge in [-0.05, 0) is 40.2 Å². The van der Waals surface area contributed by atoms with Gasteiger partial charge in [0.25, 0.3) is 0 Å². The van der Waals surface area contributed by atoms with Gasteiger partial charge in [-0.1, -0.05) is 0 Å². The van der Waals surface area contributed by atoms with E-state index in [1.54, 1.807) is 13.2 Å². The zero-order valence-corrected chi connectivity index (χ0v) is 11.8. The third-order valence-electron chi connectivity index (χ3n) is 2.83. The van der Waals surface area contributed by atoms with E-state index in [-0.39, 0.29) is 0 Å². The number of aromatic nitrogens is 3. The van der Waals surface area contributed by atoms with Crippen molar-refractivity contribution in [3.05, 3.63) is 41.0 Å². The molecule has 1 aromatic carbocycles. The van der Waals surface area contributed by atoms with Crippen molar-refractivity contribution < 1.29 is 4.74 Å². The molecule has 0 aliphatic carbocycles. The molecule has 2 aromatic heterocycles. The van der Waals surface area contributed by atoms with Gasteiger partial charge in [0, 0.05) is 22.4 Å². The van der Waals surface area contributed by atoms with Crippen LogP contribution >= 0.6 is 15.9 Å². The highest BCUT2D eigenvalue weighted by molar-refractivity contribution is 9.10. The van der Waals surface area contributed by atoms with Gasteiger partial charge in [0.2, 0.25) is 0 Å². The Balaban J connectivity index is 2.27. The van der Waals surface area contributed by atoms with Crippen LogP contribution < -0.4 is 10.5 Å². The second-order valence-corrected chi connectivity index (χ2v) is 4.97. The number of nitrogens with zero attached hydrogens (tertiary/aromatic N) is 3. The Morgan fingerprint density at radius 3 is 2.84 bits per heavy atom. The van der Waals surface area contributed by atoms with Crippen LogP contribution in [0.2, 0.25) is 0 Å².